The number of aromatic nitrogens is 1. The molecule has 2 rings (SSSR count). The number of fused-ring (bicyclic) bond motifs is 1. The summed E-state index contributed by atoms with van der Waals surface area (Å²) in [5.74, 6) is -0.434. The Morgan fingerprint density at radius 1 is 1.31 bits per heavy atom. The zero-order chi connectivity index (χ0) is 11.7. The van der Waals surface area contributed by atoms with Crippen LogP contribution in [0.4, 0.5) is 4.39 Å². The van der Waals surface area contributed by atoms with Crippen LogP contribution in [-0.2, 0) is 13.5 Å². The fourth-order valence-corrected chi connectivity index (χ4v) is 1.96. The number of aryl methyl sites for hydroxylation is 2. The lowest BCUT2D eigenvalue weighted by atomic mass is 10.0. The van der Waals surface area contributed by atoms with Crippen LogP contribution in [0.3, 0.4) is 0 Å². The van der Waals surface area contributed by atoms with Crippen molar-refractivity contribution in [1.29, 1.82) is 0 Å². The third kappa shape index (κ3) is 1.62. The number of hydrogen-bond acceptors (Lipinski definition) is 1. The van der Waals surface area contributed by atoms with Crippen LogP contribution in [0.5, 0.6) is 0 Å². The molecule has 0 fully saturated rings. The standard InChI is InChI=1S/C13H14FNO/c1-3-4-9-5-6-11(14)12-10(9)7-8-15(2)13(12)16/h5-8H,3-4H2,1-2H3. The highest BCUT2D eigenvalue weighted by Crippen LogP contribution is 2.19. The molecule has 1 aromatic heterocycles. The molecule has 0 amide bonds. The fraction of sp³-hybridized carbons (Fsp3) is 0.308. The van der Waals surface area contributed by atoms with Crippen molar-refractivity contribution in [2.24, 2.45) is 7.05 Å². The molecule has 0 unspecified atom stereocenters. The molecule has 0 aliphatic carbocycles. The fourth-order valence-electron chi connectivity index (χ4n) is 1.96. The zero-order valence-electron chi connectivity index (χ0n) is 9.46. The van der Waals surface area contributed by atoms with E-state index >= 15 is 0 Å². The average Bonchev–Trinajstić information content (AvgIpc) is 2.27. The van der Waals surface area contributed by atoms with E-state index in [4.69, 9.17) is 0 Å². The summed E-state index contributed by atoms with van der Waals surface area (Å²) in [6, 6.07) is 4.96. The zero-order valence-corrected chi connectivity index (χ0v) is 9.46. The summed E-state index contributed by atoms with van der Waals surface area (Å²) in [6.45, 7) is 2.07. The largest absolute Gasteiger partial charge is 0.318 e. The van der Waals surface area contributed by atoms with Crippen molar-refractivity contribution in [3.8, 4) is 0 Å². The monoisotopic (exact) mass is 219 g/mol. The Hall–Kier alpha value is -1.64. The van der Waals surface area contributed by atoms with Gasteiger partial charge in [-0.05, 0) is 29.5 Å². The van der Waals surface area contributed by atoms with Crippen molar-refractivity contribution >= 4 is 10.8 Å². The molecule has 0 N–H and O–H groups in total. The molecule has 16 heavy (non-hydrogen) atoms. The molecule has 2 nitrogen and oxygen atoms in total. The van der Waals surface area contributed by atoms with Crippen LogP contribution in [-0.4, -0.2) is 4.57 Å². The summed E-state index contributed by atoms with van der Waals surface area (Å²) in [7, 11) is 1.63. The van der Waals surface area contributed by atoms with E-state index in [9.17, 15) is 9.18 Å². The van der Waals surface area contributed by atoms with Gasteiger partial charge in [0.05, 0.1) is 5.39 Å². The SMILES string of the molecule is CCCc1ccc(F)c2c(=O)n(C)ccc12. The molecule has 0 bridgehead atoms. The third-order valence-corrected chi connectivity index (χ3v) is 2.80. The quantitative estimate of drug-likeness (QED) is 0.761. The molecular weight excluding hydrogens is 205 g/mol. The molecule has 0 saturated heterocycles. The van der Waals surface area contributed by atoms with Gasteiger partial charge in [0.1, 0.15) is 5.82 Å². The van der Waals surface area contributed by atoms with E-state index in [1.165, 1.54) is 10.6 Å². The number of rotatable bonds is 2. The summed E-state index contributed by atoms with van der Waals surface area (Å²) in [5, 5.41) is 0.945. The van der Waals surface area contributed by atoms with Gasteiger partial charge < -0.3 is 4.57 Å². The first-order chi connectivity index (χ1) is 7.65. The average molecular weight is 219 g/mol. The van der Waals surface area contributed by atoms with Gasteiger partial charge in [-0.3, -0.25) is 4.79 Å². The molecule has 0 aliphatic heterocycles. The van der Waals surface area contributed by atoms with Crippen LogP contribution in [0.2, 0.25) is 0 Å². The highest BCUT2D eigenvalue weighted by atomic mass is 19.1. The first-order valence-electron chi connectivity index (χ1n) is 5.42. The van der Waals surface area contributed by atoms with E-state index in [1.807, 2.05) is 6.07 Å². The second-order valence-corrected chi connectivity index (χ2v) is 3.98. The highest BCUT2D eigenvalue weighted by molar-refractivity contribution is 5.85. The van der Waals surface area contributed by atoms with Gasteiger partial charge >= 0.3 is 0 Å². The van der Waals surface area contributed by atoms with Crippen LogP contribution in [0, 0.1) is 5.82 Å². The first-order valence-corrected chi connectivity index (χ1v) is 5.42. The summed E-state index contributed by atoms with van der Waals surface area (Å²) in [6.07, 6.45) is 3.53. The van der Waals surface area contributed by atoms with E-state index in [0.29, 0.717) is 0 Å². The normalized spacial score (nSPS) is 10.9. The first kappa shape index (κ1) is 10.9. The summed E-state index contributed by atoms with van der Waals surface area (Å²) < 4.78 is 15.0. The van der Waals surface area contributed by atoms with Gasteiger partial charge in [0.15, 0.2) is 0 Å². The lowest BCUT2D eigenvalue weighted by Gasteiger charge is -2.07. The molecule has 0 radical (unpaired) electrons. The Morgan fingerprint density at radius 3 is 2.75 bits per heavy atom. The van der Waals surface area contributed by atoms with Gasteiger partial charge in [-0.25, -0.2) is 4.39 Å². The minimum atomic E-state index is -0.434. The Kier molecular flexibility index (Phi) is 2.77. The van der Waals surface area contributed by atoms with Crippen molar-refractivity contribution in [3.63, 3.8) is 0 Å². The molecule has 0 atom stereocenters. The van der Waals surface area contributed by atoms with Crippen LogP contribution >= 0.6 is 0 Å². The topological polar surface area (TPSA) is 22.0 Å². The Bertz CT molecular complexity index is 586. The molecule has 0 spiro atoms. The second-order valence-electron chi connectivity index (χ2n) is 3.98. The van der Waals surface area contributed by atoms with E-state index < -0.39 is 5.82 Å². The molecular formula is C13H14FNO. The summed E-state index contributed by atoms with van der Waals surface area (Å²) >= 11 is 0. The van der Waals surface area contributed by atoms with Gasteiger partial charge in [0.2, 0.25) is 0 Å². The van der Waals surface area contributed by atoms with Gasteiger partial charge in [-0.2, -0.15) is 0 Å². The van der Waals surface area contributed by atoms with Crippen LogP contribution in [0.15, 0.2) is 29.2 Å². The number of halogens is 1. The van der Waals surface area contributed by atoms with E-state index in [2.05, 4.69) is 6.92 Å². The smallest absolute Gasteiger partial charge is 0.261 e. The number of pyridine rings is 1. The predicted octanol–water partition coefficient (Wildman–Crippen LogP) is 2.63. The lowest BCUT2D eigenvalue weighted by Crippen LogP contribution is -2.17. The van der Waals surface area contributed by atoms with Crippen molar-refractivity contribution in [2.75, 3.05) is 0 Å². The van der Waals surface area contributed by atoms with E-state index in [0.717, 1.165) is 23.8 Å². The van der Waals surface area contributed by atoms with Crippen molar-refractivity contribution in [2.45, 2.75) is 19.8 Å². The van der Waals surface area contributed by atoms with Gasteiger partial charge in [0.25, 0.3) is 5.56 Å². The Morgan fingerprint density at radius 2 is 2.06 bits per heavy atom. The molecule has 3 heteroatoms. The van der Waals surface area contributed by atoms with Crippen molar-refractivity contribution in [3.05, 3.63) is 46.1 Å². The van der Waals surface area contributed by atoms with Crippen LogP contribution < -0.4 is 5.56 Å². The van der Waals surface area contributed by atoms with Gasteiger partial charge in [-0.1, -0.05) is 19.4 Å². The van der Waals surface area contributed by atoms with E-state index in [1.54, 1.807) is 19.3 Å². The third-order valence-electron chi connectivity index (χ3n) is 2.80. The maximum atomic E-state index is 13.6. The number of nitrogens with zero attached hydrogens (tertiary/aromatic N) is 1. The van der Waals surface area contributed by atoms with Crippen molar-refractivity contribution in [1.82, 2.24) is 4.57 Å². The lowest BCUT2D eigenvalue weighted by molar-refractivity contribution is 0.636. The predicted molar refractivity (Wildman–Crippen MR) is 63.1 cm³/mol. The highest BCUT2D eigenvalue weighted by Gasteiger charge is 2.09. The van der Waals surface area contributed by atoms with Gasteiger partial charge in [0, 0.05) is 13.2 Å². The minimum Gasteiger partial charge on any atom is -0.318 e. The maximum Gasteiger partial charge on any atom is 0.261 e. The molecule has 0 aliphatic rings. The van der Waals surface area contributed by atoms with Crippen LogP contribution in [0.25, 0.3) is 10.8 Å². The van der Waals surface area contributed by atoms with Gasteiger partial charge in [-0.15, -0.1) is 0 Å². The molecule has 2 aromatic rings. The van der Waals surface area contributed by atoms with Crippen LogP contribution in [0.1, 0.15) is 18.9 Å². The minimum absolute atomic E-state index is 0.205. The Labute approximate surface area is 93.3 Å². The van der Waals surface area contributed by atoms with Crippen molar-refractivity contribution < 1.29 is 4.39 Å². The number of benzene rings is 1. The molecule has 84 valence electrons. The number of hydrogen-bond donors (Lipinski definition) is 0. The Balaban J connectivity index is 2.86. The maximum absolute atomic E-state index is 13.6. The second kappa shape index (κ2) is 4.08. The molecule has 0 saturated carbocycles. The van der Waals surface area contributed by atoms with E-state index in [-0.39, 0.29) is 10.9 Å². The summed E-state index contributed by atoms with van der Waals surface area (Å²) in [5.41, 5.74) is 0.768. The summed E-state index contributed by atoms with van der Waals surface area (Å²) in [4.78, 5) is 11.8. The molecule has 1 heterocycles. The molecule has 1 aromatic carbocycles.